The molecular weight excluding hydrogens is 264 g/mol. The Labute approximate surface area is 130 Å². The number of ether oxygens (including phenoxy) is 1. The van der Waals surface area contributed by atoms with Gasteiger partial charge in [-0.1, -0.05) is 19.8 Å². The summed E-state index contributed by atoms with van der Waals surface area (Å²) in [5.41, 5.74) is 0.252. The molecule has 21 heavy (non-hydrogen) atoms. The first-order valence-corrected chi connectivity index (χ1v) is 8.15. The van der Waals surface area contributed by atoms with E-state index in [4.69, 9.17) is 4.74 Å². The molecule has 2 atom stereocenters. The third-order valence-electron chi connectivity index (χ3n) is 4.64. The van der Waals surface area contributed by atoms with Crippen LogP contribution >= 0.6 is 0 Å². The second kappa shape index (κ2) is 9.26. The van der Waals surface area contributed by atoms with Crippen LogP contribution in [0.3, 0.4) is 0 Å². The lowest BCUT2D eigenvalue weighted by molar-refractivity contribution is 0.0795. The molecule has 1 saturated carbocycles. The quantitative estimate of drug-likeness (QED) is 0.427. The van der Waals surface area contributed by atoms with Crippen LogP contribution in [0.2, 0.25) is 0 Å². The van der Waals surface area contributed by atoms with Crippen molar-refractivity contribution in [2.45, 2.75) is 44.6 Å². The predicted molar refractivity (Wildman–Crippen MR) is 89.9 cm³/mol. The van der Waals surface area contributed by atoms with E-state index in [2.05, 4.69) is 41.5 Å². The summed E-state index contributed by atoms with van der Waals surface area (Å²) < 4.78 is 5.06. The van der Waals surface area contributed by atoms with Crippen molar-refractivity contribution in [3.63, 3.8) is 0 Å². The van der Waals surface area contributed by atoms with E-state index in [1.807, 2.05) is 7.05 Å². The van der Waals surface area contributed by atoms with E-state index < -0.39 is 0 Å². The van der Waals surface area contributed by atoms with Crippen molar-refractivity contribution >= 4 is 5.96 Å². The van der Waals surface area contributed by atoms with Crippen LogP contribution in [-0.2, 0) is 4.74 Å². The number of methoxy groups -OCH3 is 1. The van der Waals surface area contributed by atoms with Crippen LogP contribution < -0.4 is 10.6 Å². The number of rotatable bonds is 7. The fraction of sp³-hybridized carbons (Fsp3) is 0.938. The summed E-state index contributed by atoms with van der Waals surface area (Å²) >= 11 is 0. The van der Waals surface area contributed by atoms with Gasteiger partial charge in [-0.05, 0) is 39.3 Å². The smallest absolute Gasteiger partial charge is 0.191 e. The molecule has 0 heterocycles. The number of hydrogen-bond acceptors (Lipinski definition) is 3. The van der Waals surface area contributed by atoms with Gasteiger partial charge in [-0.2, -0.15) is 0 Å². The summed E-state index contributed by atoms with van der Waals surface area (Å²) in [6.45, 7) is 4.99. The lowest BCUT2D eigenvalue weighted by atomic mass is 9.75. The molecule has 1 rings (SSSR count). The fourth-order valence-corrected chi connectivity index (χ4v) is 3.25. The van der Waals surface area contributed by atoms with Crippen molar-refractivity contribution in [1.82, 2.24) is 15.5 Å². The van der Waals surface area contributed by atoms with Crippen molar-refractivity contribution < 1.29 is 4.74 Å². The standard InChI is InChI=1S/C16H34N4O/c1-14-8-6-9-16(12-14,20(3)4)13-19-15(17-2)18-10-7-11-21-5/h14H,6-13H2,1-5H3,(H2,17,18,19). The summed E-state index contributed by atoms with van der Waals surface area (Å²) in [5.74, 6) is 1.70. The first-order valence-electron chi connectivity index (χ1n) is 8.15. The topological polar surface area (TPSA) is 48.9 Å². The van der Waals surface area contributed by atoms with Gasteiger partial charge in [0.25, 0.3) is 0 Å². The van der Waals surface area contributed by atoms with Crippen LogP contribution in [0, 0.1) is 5.92 Å². The van der Waals surface area contributed by atoms with E-state index in [1.54, 1.807) is 7.11 Å². The molecule has 0 radical (unpaired) electrons. The Hall–Kier alpha value is -0.810. The minimum Gasteiger partial charge on any atom is -0.385 e. The third kappa shape index (κ3) is 5.83. The van der Waals surface area contributed by atoms with Crippen molar-refractivity contribution in [2.24, 2.45) is 10.9 Å². The molecule has 0 amide bonds. The molecule has 0 aromatic heterocycles. The fourth-order valence-electron chi connectivity index (χ4n) is 3.25. The van der Waals surface area contributed by atoms with Gasteiger partial charge < -0.3 is 20.3 Å². The zero-order valence-electron chi connectivity index (χ0n) is 14.5. The Balaban J connectivity index is 2.48. The second-order valence-electron chi connectivity index (χ2n) is 6.52. The molecule has 1 aliphatic rings. The molecule has 5 nitrogen and oxygen atoms in total. The normalized spacial score (nSPS) is 27.0. The zero-order valence-corrected chi connectivity index (χ0v) is 14.5. The number of hydrogen-bond donors (Lipinski definition) is 2. The molecule has 2 N–H and O–H groups in total. The minimum absolute atomic E-state index is 0.252. The SMILES string of the molecule is CN=C(NCCCOC)NCC1(N(C)C)CCCC(C)C1. The van der Waals surface area contributed by atoms with E-state index in [0.29, 0.717) is 0 Å². The average Bonchev–Trinajstić information content (AvgIpc) is 2.46. The van der Waals surface area contributed by atoms with Gasteiger partial charge in [0.15, 0.2) is 5.96 Å². The van der Waals surface area contributed by atoms with Gasteiger partial charge in [-0.25, -0.2) is 0 Å². The first kappa shape index (κ1) is 18.2. The molecule has 1 aliphatic carbocycles. The molecule has 0 spiro atoms. The van der Waals surface area contributed by atoms with Gasteiger partial charge in [0, 0.05) is 39.4 Å². The van der Waals surface area contributed by atoms with E-state index in [-0.39, 0.29) is 5.54 Å². The maximum absolute atomic E-state index is 5.06. The highest BCUT2D eigenvalue weighted by molar-refractivity contribution is 5.79. The highest BCUT2D eigenvalue weighted by Gasteiger charge is 2.36. The van der Waals surface area contributed by atoms with Crippen molar-refractivity contribution in [1.29, 1.82) is 0 Å². The molecule has 0 bridgehead atoms. The Morgan fingerprint density at radius 1 is 1.38 bits per heavy atom. The van der Waals surface area contributed by atoms with Gasteiger partial charge in [0.05, 0.1) is 0 Å². The van der Waals surface area contributed by atoms with E-state index in [1.165, 1.54) is 25.7 Å². The summed E-state index contributed by atoms with van der Waals surface area (Å²) in [6, 6.07) is 0. The molecule has 5 heteroatoms. The van der Waals surface area contributed by atoms with Crippen molar-refractivity contribution in [3.05, 3.63) is 0 Å². The van der Waals surface area contributed by atoms with E-state index in [9.17, 15) is 0 Å². The highest BCUT2D eigenvalue weighted by Crippen LogP contribution is 2.35. The monoisotopic (exact) mass is 298 g/mol. The largest absolute Gasteiger partial charge is 0.385 e. The number of guanidine groups is 1. The molecule has 1 fully saturated rings. The Bertz CT molecular complexity index is 319. The van der Waals surface area contributed by atoms with Crippen molar-refractivity contribution in [2.75, 3.05) is 47.9 Å². The number of nitrogens with zero attached hydrogens (tertiary/aromatic N) is 2. The third-order valence-corrected chi connectivity index (χ3v) is 4.64. The molecule has 124 valence electrons. The summed E-state index contributed by atoms with van der Waals surface area (Å²) in [7, 11) is 7.97. The Morgan fingerprint density at radius 3 is 2.71 bits per heavy atom. The Kier molecular flexibility index (Phi) is 8.04. The van der Waals surface area contributed by atoms with Gasteiger partial charge in [-0.15, -0.1) is 0 Å². The van der Waals surface area contributed by atoms with Crippen LogP contribution in [0.5, 0.6) is 0 Å². The lowest BCUT2D eigenvalue weighted by Gasteiger charge is -2.45. The summed E-state index contributed by atoms with van der Waals surface area (Å²) in [6.07, 6.45) is 6.19. The maximum atomic E-state index is 5.06. The highest BCUT2D eigenvalue weighted by atomic mass is 16.5. The molecule has 0 aromatic carbocycles. The van der Waals surface area contributed by atoms with Crippen LogP contribution in [-0.4, -0.2) is 64.3 Å². The number of nitrogens with one attached hydrogen (secondary N) is 2. The maximum Gasteiger partial charge on any atom is 0.191 e. The molecular formula is C16H34N4O. The zero-order chi connectivity index (χ0) is 15.7. The molecule has 0 aliphatic heterocycles. The minimum atomic E-state index is 0.252. The van der Waals surface area contributed by atoms with Gasteiger partial charge in [0.2, 0.25) is 0 Å². The van der Waals surface area contributed by atoms with Crippen molar-refractivity contribution in [3.8, 4) is 0 Å². The molecule has 0 saturated heterocycles. The summed E-state index contributed by atoms with van der Waals surface area (Å²) in [5, 5.41) is 6.87. The van der Waals surface area contributed by atoms with E-state index in [0.717, 1.165) is 38.0 Å². The van der Waals surface area contributed by atoms with Gasteiger partial charge in [-0.3, -0.25) is 4.99 Å². The molecule has 0 aromatic rings. The number of likely N-dealkylation sites (N-methyl/N-ethyl adjacent to an activating group) is 1. The van der Waals surface area contributed by atoms with Gasteiger partial charge >= 0.3 is 0 Å². The average molecular weight is 298 g/mol. The first-order chi connectivity index (χ1) is 10.0. The lowest BCUT2D eigenvalue weighted by Crippen LogP contribution is -2.56. The predicted octanol–water partition coefficient (Wildman–Crippen LogP) is 1.70. The molecule has 2 unspecified atom stereocenters. The second-order valence-corrected chi connectivity index (χ2v) is 6.52. The van der Waals surface area contributed by atoms with Gasteiger partial charge in [0.1, 0.15) is 0 Å². The van der Waals surface area contributed by atoms with Crippen LogP contribution in [0.1, 0.15) is 39.0 Å². The Morgan fingerprint density at radius 2 is 2.14 bits per heavy atom. The van der Waals surface area contributed by atoms with Crippen LogP contribution in [0.25, 0.3) is 0 Å². The number of aliphatic imine (C=N–C) groups is 1. The summed E-state index contributed by atoms with van der Waals surface area (Å²) in [4.78, 5) is 6.71. The van der Waals surface area contributed by atoms with Crippen LogP contribution in [0.15, 0.2) is 4.99 Å². The van der Waals surface area contributed by atoms with E-state index >= 15 is 0 Å². The van der Waals surface area contributed by atoms with Crippen LogP contribution in [0.4, 0.5) is 0 Å².